The fourth-order valence-electron chi connectivity index (χ4n) is 1.92. The molecule has 5 heteroatoms. The van der Waals surface area contributed by atoms with E-state index in [1.54, 1.807) is 18.5 Å². The topological polar surface area (TPSA) is 59.8 Å². The summed E-state index contributed by atoms with van der Waals surface area (Å²) in [4.78, 5) is 16.3. The number of aryl methyl sites for hydroxylation is 1. The van der Waals surface area contributed by atoms with Crippen molar-refractivity contribution in [2.75, 3.05) is 5.32 Å². The van der Waals surface area contributed by atoms with Gasteiger partial charge in [-0.25, -0.2) is 4.68 Å². The van der Waals surface area contributed by atoms with E-state index in [1.807, 2.05) is 19.1 Å². The van der Waals surface area contributed by atoms with Crippen LogP contribution in [0.5, 0.6) is 0 Å². The molecule has 1 saturated carbocycles. The van der Waals surface area contributed by atoms with Gasteiger partial charge in [0.25, 0.3) is 5.56 Å². The second-order valence-electron chi connectivity index (χ2n) is 4.93. The van der Waals surface area contributed by atoms with Gasteiger partial charge in [0.05, 0.1) is 24.1 Å². The number of anilines is 1. The molecule has 0 saturated heterocycles. The van der Waals surface area contributed by atoms with Gasteiger partial charge in [-0.05, 0) is 31.4 Å². The van der Waals surface area contributed by atoms with Crippen LogP contribution in [-0.2, 0) is 6.54 Å². The van der Waals surface area contributed by atoms with Crippen molar-refractivity contribution in [3.63, 3.8) is 0 Å². The molecule has 0 amide bonds. The third kappa shape index (κ3) is 2.81. The van der Waals surface area contributed by atoms with Crippen LogP contribution < -0.4 is 10.9 Å². The first-order valence-corrected chi connectivity index (χ1v) is 6.46. The molecule has 2 heterocycles. The zero-order chi connectivity index (χ0) is 13.2. The third-order valence-corrected chi connectivity index (χ3v) is 3.24. The van der Waals surface area contributed by atoms with Crippen molar-refractivity contribution in [2.45, 2.75) is 32.4 Å². The maximum absolute atomic E-state index is 12.0. The smallest absolute Gasteiger partial charge is 0.269 e. The highest BCUT2D eigenvalue weighted by Gasteiger charge is 2.21. The molecule has 0 aromatic carbocycles. The average Bonchev–Trinajstić information content (AvgIpc) is 3.19. The van der Waals surface area contributed by atoms with Gasteiger partial charge in [0.1, 0.15) is 0 Å². The SMILES string of the molecule is Cc1cccnc1Cn1ncc(NC2CC2)cc1=O. The Morgan fingerprint density at radius 1 is 1.47 bits per heavy atom. The number of pyridine rings is 1. The molecule has 2 aromatic rings. The molecule has 2 aromatic heterocycles. The van der Waals surface area contributed by atoms with Crippen LogP contribution in [0.3, 0.4) is 0 Å². The molecular formula is C14H16N4O. The summed E-state index contributed by atoms with van der Waals surface area (Å²) in [5.74, 6) is 0. The van der Waals surface area contributed by atoms with Crippen molar-refractivity contribution in [3.8, 4) is 0 Å². The van der Waals surface area contributed by atoms with E-state index >= 15 is 0 Å². The predicted molar refractivity (Wildman–Crippen MR) is 73.2 cm³/mol. The maximum Gasteiger partial charge on any atom is 0.269 e. The number of hydrogen-bond donors (Lipinski definition) is 1. The van der Waals surface area contributed by atoms with E-state index in [0.29, 0.717) is 12.6 Å². The molecule has 19 heavy (non-hydrogen) atoms. The van der Waals surface area contributed by atoms with Crippen LogP contribution in [0.4, 0.5) is 5.69 Å². The summed E-state index contributed by atoms with van der Waals surface area (Å²) in [5.41, 5.74) is 2.65. The molecule has 1 N–H and O–H groups in total. The highest BCUT2D eigenvalue weighted by molar-refractivity contribution is 5.41. The van der Waals surface area contributed by atoms with Crippen LogP contribution in [-0.4, -0.2) is 20.8 Å². The Labute approximate surface area is 111 Å². The van der Waals surface area contributed by atoms with Gasteiger partial charge in [-0.3, -0.25) is 9.78 Å². The first-order chi connectivity index (χ1) is 9.22. The van der Waals surface area contributed by atoms with Gasteiger partial charge in [-0.1, -0.05) is 6.07 Å². The van der Waals surface area contributed by atoms with E-state index in [-0.39, 0.29) is 5.56 Å². The minimum atomic E-state index is -0.101. The quantitative estimate of drug-likeness (QED) is 0.902. The van der Waals surface area contributed by atoms with E-state index in [4.69, 9.17) is 0 Å². The second-order valence-corrected chi connectivity index (χ2v) is 4.93. The van der Waals surface area contributed by atoms with Crippen LogP contribution in [0.25, 0.3) is 0 Å². The van der Waals surface area contributed by atoms with Crippen molar-refractivity contribution in [1.29, 1.82) is 0 Å². The van der Waals surface area contributed by atoms with E-state index < -0.39 is 0 Å². The summed E-state index contributed by atoms with van der Waals surface area (Å²) in [7, 11) is 0. The Bertz CT molecular complexity index is 646. The lowest BCUT2D eigenvalue weighted by atomic mass is 10.2. The fourth-order valence-corrected chi connectivity index (χ4v) is 1.92. The van der Waals surface area contributed by atoms with Crippen LogP contribution in [0.2, 0.25) is 0 Å². The lowest BCUT2D eigenvalue weighted by Crippen LogP contribution is -2.24. The molecule has 98 valence electrons. The maximum atomic E-state index is 12.0. The normalized spacial score (nSPS) is 14.4. The third-order valence-electron chi connectivity index (χ3n) is 3.24. The van der Waals surface area contributed by atoms with Crippen molar-refractivity contribution in [2.24, 2.45) is 0 Å². The number of rotatable bonds is 4. The minimum Gasteiger partial charge on any atom is -0.381 e. The second kappa shape index (κ2) is 4.84. The van der Waals surface area contributed by atoms with Gasteiger partial charge in [0.15, 0.2) is 0 Å². The lowest BCUT2D eigenvalue weighted by Gasteiger charge is -2.08. The first-order valence-electron chi connectivity index (χ1n) is 6.46. The highest BCUT2D eigenvalue weighted by Crippen LogP contribution is 2.23. The predicted octanol–water partition coefficient (Wildman–Crippen LogP) is 1.57. The van der Waals surface area contributed by atoms with E-state index in [9.17, 15) is 4.79 Å². The molecule has 1 aliphatic rings. The Hall–Kier alpha value is -2.17. The fraction of sp³-hybridized carbons (Fsp3) is 0.357. The molecule has 0 atom stereocenters. The molecule has 5 nitrogen and oxygen atoms in total. The molecule has 1 fully saturated rings. The molecule has 1 aliphatic carbocycles. The average molecular weight is 256 g/mol. The van der Waals surface area contributed by atoms with Crippen molar-refractivity contribution < 1.29 is 0 Å². The monoisotopic (exact) mass is 256 g/mol. The van der Waals surface area contributed by atoms with Gasteiger partial charge in [-0.2, -0.15) is 5.10 Å². The zero-order valence-electron chi connectivity index (χ0n) is 10.8. The molecular weight excluding hydrogens is 240 g/mol. The first kappa shape index (κ1) is 11.9. The van der Waals surface area contributed by atoms with E-state index in [1.165, 1.54) is 17.5 Å². The highest BCUT2D eigenvalue weighted by atomic mass is 16.1. The Morgan fingerprint density at radius 2 is 2.32 bits per heavy atom. The molecule has 0 radical (unpaired) electrons. The Kier molecular flexibility index (Phi) is 3.03. The van der Waals surface area contributed by atoms with Gasteiger partial charge in [0, 0.05) is 18.3 Å². The van der Waals surface area contributed by atoms with Gasteiger partial charge < -0.3 is 5.32 Å². The summed E-state index contributed by atoms with van der Waals surface area (Å²) < 4.78 is 1.44. The largest absolute Gasteiger partial charge is 0.381 e. The summed E-state index contributed by atoms with van der Waals surface area (Å²) in [6.07, 6.45) is 5.79. The molecule has 0 spiro atoms. The van der Waals surface area contributed by atoms with E-state index in [0.717, 1.165) is 16.9 Å². The molecule has 0 bridgehead atoms. The summed E-state index contributed by atoms with van der Waals surface area (Å²) in [5, 5.41) is 7.46. The summed E-state index contributed by atoms with van der Waals surface area (Å²) >= 11 is 0. The van der Waals surface area contributed by atoms with Gasteiger partial charge >= 0.3 is 0 Å². The van der Waals surface area contributed by atoms with Crippen LogP contribution in [0.1, 0.15) is 24.1 Å². The summed E-state index contributed by atoms with van der Waals surface area (Å²) in [6, 6.07) is 5.99. The van der Waals surface area contributed by atoms with Crippen molar-refractivity contribution in [1.82, 2.24) is 14.8 Å². The van der Waals surface area contributed by atoms with Crippen molar-refractivity contribution >= 4 is 5.69 Å². The summed E-state index contributed by atoms with van der Waals surface area (Å²) in [6.45, 7) is 2.39. The van der Waals surface area contributed by atoms with Gasteiger partial charge in [-0.15, -0.1) is 0 Å². The van der Waals surface area contributed by atoms with Crippen LogP contribution in [0, 0.1) is 6.92 Å². The van der Waals surface area contributed by atoms with E-state index in [2.05, 4.69) is 15.4 Å². The van der Waals surface area contributed by atoms with Crippen molar-refractivity contribution in [3.05, 3.63) is 52.2 Å². The zero-order valence-corrected chi connectivity index (χ0v) is 10.8. The Morgan fingerprint density at radius 3 is 3.00 bits per heavy atom. The van der Waals surface area contributed by atoms with Gasteiger partial charge in [0.2, 0.25) is 0 Å². The number of aromatic nitrogens is 3. The molecule has 0 unspecified atom stereocenters. The van der Waals surface area contributed by atoms with Crippen LogP contribution in [0.15, 0.2) is 35.4 Å². The number of hydrogen-bond acceptors (Lipinski definition) is 4. The molecule has 0 aliphatic heterocycles. The Balaban J connectivity index is 1.81. The number of nitrogens with zero attached hydrogens (tertiary/aromatic N) is 3. The standard InChI is InChI=1S/C14H16N4O/c1-10-3-2-6-15-13(10)9-18-14(19)7-12(8-16-18)17-11-4-5-11/h2-3,6-8,11,17H,4-5,9H2,1H3. The molecule has 3 rings (SSSR count). The number of nitrogens with one attached hydrogen (secondary N) is 1. The minimum absolute atomic E-state index is 0.101. The lowest BCUT2D eigenvalue weighted by molar-refractivity contribution is 0.625. The van der Waals surface area contributed by atoms with Crippen LogP contribution >= 0.6 is 0 Å².